The van der Waals surface area contributed by atoms with Crippen molar-refractivity contribution < 1.29 is 24.8 Å². The predicted octanol–water partition coefficient (Wildman–Crippen LogP) is 4.00. The number of fused-ring (bicyclic) bond motifs is 8. The molecule has 0 radical (unpaired) electrons. The first-order valence-electron chi connectivity index (χ1n) is 26.3. The number of aromatic nitrogens is 4. The van der Waals surface area contributed by atoms with E-state index in [4.69, 9.17) is 19.9 Å². The van der Waals surface area contributed by atoms with Crippen molar-refractivity contribution in [3.05, 3.63) is 167 Å². The van der Waals surface area contributed by atoms with Crippen molar-refractivity contribution in [3.63, 3.8) is 0 Å². The lowest BCUT2D eigenvalue weighted by atomic mass is 10.2. The maximum Gasteiger partial charge on any atom is 0.201 e. The van der Waals surface area contributed by atoms with Gasteiger partial charge in [0.25, 0.3) is 0 Å². The van der Waals surface area contributed by atoms with Crippen LogP contribution in [0.25, 0.3) is 83.2 Å². The van der Waals surface area contributed by atoms with Gasteiger partial charge >= 0.3 is 0 Å². The minimum absolute atomic E-state index is 0. The molecule has 0 fully saturated rings. The van der Waals surface area contributed by atoms with E-state index in [1.807, 2.05) is 0 Å². The smallest absolute Gasteiger partial charge is 0.201 e. The minimum atomic E-state index is 0. The molecule has 0 bridgehead atoms. The Morgan fingerprint density at radius 3 is 0.634 bits per heavy atom. The summed E-state index contributed by atoms with van der Waals surface area (Å²) in [5, 5.41) is 4.83. The van der Waals surface area contributed by atoms with Crippen LogP contribution >= 0.6 is 45.3 Å². The summed E-state index contributed by atoms with van der Waals surface area (Å²) in [7, 11) is 33.0. The summed E-state index contributed by atoms with van der Waals surface area (Å²) in [4.78, 5) is 32.4. The van der Waals surface area contributed by atoms with E-state index in [9.17, 15) is 0 Å². The molecule has 0 unspecified atom stereocenters. The van der Waals surface area contributed by atoms with E-state index < -0.39 is 0 Å². The minimum Gasteiger partial charge on any atom is -1.00 e. The van der Waals surface area contributed by atoms with E-state index in [-0.39, 0.29) is 24.8 Å². The van der Waals surface area contributed by atoms with Crippen molar-refractivity contribution in [1.29, 1.82) is 0 Å². The van der Waals surface area contributed by atoms with Gasteiger partial charge in [0.2, 0.25) is 21.4 Å². The summed E-state index contributed by atoms with van der Waals surface area (Å²) >= 11 is 7.19. The first-order chi connectivity index (χ1) is 38.2. The Balaban J connectivity index is 0.000000156. The lowest BCUT2D eigenvalue weighted by Gasteiger charge is -2.13. The van der Waals surface area contributed by atoms with Crippen LogP contribution in [0.3, 0.4) is 0 Å². The second-order valence-corrected chi connectivity index (χ2v) is 25.6. The summed E-state index contributed by atoms with van der Waals surface area (Å²) < 4.78 is 13.4. The summed E-state index contributed by atoms with van der Waals surface area (Å²) in [5.74, 6) is 0. The first kappa shape index (κ1) is 62.4. The van der Waals surface area contributed by atoms with Crippen LogP contribution in [0.4, 0.5) is 22.7 Å². The van der Waals surface area contributed by atoms with Crippen molar-refractivity contribution in [2.75, 3.05) is 132 Å². The van der Waals surface area contributed by atoms with Gasteiger partial charge in [0.05, 0.1) is 83.2 Å². The zero-order valence-electron chi connectivity index (χ0n) is 49.6. The van der Waals surface area contributed by atoms with Crippen LogP contribution < -0.4 is 84.1 Å². The lowest BCUT2D eigenvalue weighted by molar-refractivity contribution is -0.00100. The molecule has 4 aromatic rings. The van der Waals surface area contributed by atoms with Gasteiger partial charge in [-0.1, -0.05) is 0 Å². The fraction of sp³-hybridized carbons (Fsp3) is 0.250. The van der Waals surface area contributed by atoms with Crippen molar-refractivity contribution in [2.24, 2.45) is 0 Å². The Hall–Kier alpha value is -7.18. The largest absolute Gasteiger partial charge is 1.00 e. The third-order valence-electron chi connectivity index (χ3n) is 13.5. The number of halogens is 2. The highest BCUT2D eigenvalue weighted by atomic mass is 35.5. The molecule has 424 valence electrons. The highest BCUT2D eigenvalue weighted by Crippen LogP contribution is 2.35. The number of anilines is 4. The Bertz CT molecular complexity index is 3830. The van der Waals surface area contributed by atoms with Gasteiger partial charge in [0.15, 0.2) is 0 Å². The molecule has 0 saturated heterocycles. The third-order valence-corrected chi connectivity index (χ3v) is 17.9. The summed E-state index contributed by atoms with van der Waals surface area (Å²) in [6.07, 6.45) is 0. The summed E-state index contributed by atoms with van der Waals surface area (Å²) in [6.45, 7) is 0. The maximum absolute atomic E-state index is 4.75. The number of rotatable bonds is 4. The molecule has 0 saturated carbocycles. The van der Waals surface area contributed by atoms with Gasteiger partial charge in [0.1, 0.15) is 56.4 Å². The van der Waals surface area contributed by atoms with Crippen LogP contribution in [0.5, 0.6) is 0 Å². The summed E-state index contributed by atoms with van der Waals surface area (Å²) in [6, 6.07) is 51.3. The van der Waals surface area contributed by atoms with Crippen LogP contribution in [-0.2, 0) is 0 Å². The van der Waals surface area contributed by atoms with E-state index in [1.165, 1.54) is 82.5 Å². The first-order valence-corrected chi connectivity index (χ1v) is 29.5. The number of hydrogen-bond donors (Lipinski definition) is 0. The van der Waals surface area contributed by atoms with Gasteiger partial charge < -0.3 is 44.4 Å². The molecule has 4 aliphatic carbocycles. The molecule has 12 rings (SSSR count). The van der Waals surface area contributed by atoms with Gasteiger partial charge in [-0.3, -0.25) is 0 Å². The van der Waals surface area contributed by atoms with Crippen LogP contribution in [-0.4, -0.2) is 133 Å². The predicted molar refractivity (Wildman–Crippen MR) is 351 cm³/mol. The maximum atomic E-state index is 4.75. The molecule has 0 atom stereocenters. The molecule has 18 heteroatoms. The van der Waals surface area contributed by atoms with Crippen molar-refractivity contribution in [3.8, 4) is 42.3 Å². The number of hydrogen-bond acceptors (Lipinski definition) is 12. The van der Waals surface area contributed by atoms with Gasteiger partial charge in [-0.25, -0.2) is 38.2 Å². The van der Waals surface area contributed by atoms with Gasteiger partial charge in [-0.2, -0.15) is 0 Å². The second kappa shape index (κ2) is 26.8. The second-order valence-electron chi connectivity index (χ2n) is 21.2. The highest BCUT2D eigenvalue weighted by Gasteiger charge is 2.14. The normalized spacial score (nSPS) is 10.7. The fourth-order valence-electron chi connectivity index (χ4n) is 8.63. The Kier molecular flexibility index (Phi) is 20.4. The molecule has 0 N–H and O–H groups in total. The van der Waals surface area contributed by atoms with Gasteiger partial charge in [-0.05, 0) is 97.1 Å². The Morgan fingerprint density at radius 2 is 0.463 bits per heavy atom. The van der Waals surface area contributed by atoms with E-state index in [1.54, 1.807) is 45.3 Å². The number of nitrogens with zero attached hydrogens (tertiary/aromatic N) is 12. The molecule has 82 heavy (non-hydrogen) atoms. The number of benzene rings is 8. The third kappa shape index (κ3) is 14.5. The van der Waals surface area contributed by atoms with Crippen molar-refractivity contribution in [2.45, 2.75) is 0 Å². The van der Waals surface area contributed by atoms with Crippen LogP contribution in [0, 0.1) is 0 Å². The monoisotopic (exact) mass is 1210 g/mol. The molecular formula is C64H72Cl2N12S4+2. The summed E-state index contributed by atoms with van der Waals surface area (Å²) in [5.41, 5.74) is 13.3. The van der Waals surface area contributed by atoms with E-state index in [0.717, 1.165) is 44.8 Å². The van der Waals surface area contributed by atoms with Crippen LogP contribution in [0.1, 0.15) is 0 Å². The standard InChI is InChI=1S/4C16H18N3S.2ClH/c4*1-18(2)11-5-7-13-15(9-11)20-16-10-12(19(3)4)6-8-14(16)17-13;;/h4*5-10H,1-4H3;2*1H/q4*+1;;/p-2. The topological polar surface area (TPSA) is 76.6 Å². The van der Waals surface area contributed by atoms with Crippen LogP contribution in [0.15, 0.2) is 146 Å². The van der Waals surface area contributed by atoms with Gasteiger partial charge in [0, 0.05) is 128 Å². The molecule has 4 aliphatic heterocycles. The molecule has 0 amide bonds. The zero-order valence-corrected chi connectivity index (χ0v) is 54.4. The molecule has 4 heterocycles. The molecule has 12 nitrogen and oxygen atoms in total. The van der Waals surface area contributed by atoms with Gasteiger partial charge in [-0.15, -0.1) is 45.3 Å². The molecular weight excluding hydrogens is 1140 g/mol. The SMILES string of the molecule is CN(C)c1ccc2nc3ccc(=[N+](C)C)cc-3sc2c1.CN(C)c1ccc2nc3ccc(=[N+](C)C)cc-3sc2c1.CN(C)c1ccc2nc3ccc(=[N+](C)C)cc-3sc2c1.CN(C)c1ccc2nc3ccc(=[N+](C)C)cc-3sc2c1.[Cl-].[Cl-]. The van der Waals surface area contributed by atoms with E-state index >= 15 is 0 Å². The Labute approximate surface area is 510 Å². The average Bonchev–Trinajstić information content (AvgIpc) is 3.53. The lowest BCUT2D eigenvalue weighted by Crippen LogP contribution is -3.00. The highest BCUT2D eigenvalue weighted by molar-refractivity contribution is 7.22. The average molecular weight is 1210 g/mol. The molecule has 0 aromatic heterocycles. The Morgan fingerprint density at radius 1 is 0.268 bits per heavy atom. The molecule has 4 aromatic carbocycles. The fourth-order valence-corrected chi connectivity index (χ4v) is 12.8. The van der Waals surface area contributed by atoms with Crippen LogP contribution in [0.2, 0.25) is 0 Å². The zero-order chi connectivity index (χ0) is 57.1. The molecule has 8 aliphatic rings. The van der Waals surface area contributed by atoms with E-state index in [0.29, 0.717) is 0 Å². The quantitative estimate of drug-likeness (QED) is 0.194. The molecule has 0 spiro atoms. The van der Waals surface area contributed by atoms with Crippen molar-refractivity contribution >= 4 is 109 Å². The van der Waals surface area contributed by atoms with Crippen molar-refractivity contribution in [1.82, 2.24) is 38.2 Å². The van der Waals surface area contributed by atoms with E-state index in [2.05, 4.69) is 296 Å².